The zero-order valence-electron chi connectivity index (χ0n) is 6.09. The summed E-state index contributed by atoms with van der Waals surface area (Å²) in [7, 11) is 1.67. The van der Waals surface area contributed by atoms with Gasteiger partial charge in [0.05, 0.1) is 0 Å². The first kappa shape index (κ1) is 7.08. The Labute approximate surface area is 59.7 Å². The molecule has 1 heterocycles. The van der Waals surface area contributed by atoms with Crippen molar-refractivity contribution in [2.24, 2.45) is 5.73 Å². The van der Waals surface area contributed by atoms with Crippen molar-refractivity contribution in [1.29, 1.82) is 0 Å². The van der Waals surface area contributed by atoms with Crippen LogP contribution in [0.15, 0.2) is 12.3 Å². The second kappa shape index (κ2) is 1.98. The summed E-state index contributed by atoms with van der Waals surface area (Å²) < 4.78 is 0. The number of nitrogens with zero attached hydrogens (tertiary/aromatic N) is 1. The maximum Gasteiger partial charge on any atom is 0.322 e. The molecule has 10 heavy (non-hydrogen) atoms. The van der Waals surface area contributed by atoms with Crippen LogP contribution in [0.4, 0.5) is 4.79 Å². The lowest BCUT2D eigenvalue weighted by molar-refractivity contribution is 0.209. The second-order valence-electron chi connectivity index (χ2n) is 2.64. The van der Waals surface area contributed by atoms with E-state index in [1.807, 2.05) is 0 Å². The summed E-state index contributed by atoms with van der Waals surface area (Å²) >= 11 is 0. The predicted molar refractivity (Wildman–Crippen MR) is 38.0 cm³/mol. The van der Waals surface area contributed by atoms with Crippen LogP contribution in [0.3, 0.4) is 0 Å². The SMILES string of the molecule is CN1C=CC(C)(N)NC1=O. The molecule has 2 amide bonds. The number of amides is 2. The van der Waals surface area contributed by atoms with Crippen LogP contribution in [0.25, 0.3) is 0 Å². The van der Waals surface area contributed by atoms with Crippen molar-refractivity contribution in [3.8, 4) is 0 Å². The lowest BCUT2D eigenvalue weighted by Gasteiger charge is -2.29. The van der Waals surface area contributed by atoms with E-state index in [0.29, 0.717) is 0 Å². The molecule has 4 nitrogen and oxygen atoms in total. The number of hydrogen-bond donors (Lipinski definition) is 2. The van der Waals surface area contributed by atoms with Crippen LogP contribution in [0, 0.1) is 0 Å². The van der Waals surface area contributed by atoms with E-state index < -0.39 is 5.66 Å². The van der Waals surface area contributed by atoms with Crippen molar-refractivity contribution in [3.63, 3.8) is 0 Å². The fraction of sp³-hybridized carbons (Fsp3) is 0.500. The van der Waals surface area contributed by atoms with E-state index in [4.69, 9.17) is 5.73 Å². The summed E-state index contributed by atoms with van der Waals surface area (Å²) in [5.74, 6) is 0. The van der Waals surface area contributed by atoms with Gasteiger partial charge in [-0.3, -0.25) is 0 Å². The first-order valence-corrected chi connectivity index (χ1v) is 3.04. The van der Waals surface area contributed by atoms with Crippen LogP contribution in [0.5, 0.6) is 0 Å². The second-order valence-corrected chi connectivity index (χ2v) is 2.64. The topological polar surface area (TPSA) is 58.4 Å². The molecule has 0 aliphatic carbocycles. The Kier molecular flexibility index (Phi) is 1.40. The van der Waals surface area contributed by atoms with Gasteiger partial charge in [-0.15, -0.1) is 0 Å². The molecule has 0 aromatic heterocycles. The molecule has 4 heteroatoms. The molecule has 3 N–H and O–H groups in total. The molecule has 0 aromatic carbocycles. The van der Waals surface area contributed by atoms with Gasteiger partial charge in [0.2, 0.25) is 0 Å². The smallest absolute Gasteiger partial charge is 0.316 e. The van der Waals surface area contributed by atoms with Crippen LogP contribution < -0.4 is 11.1 Å². The summed E-state index contributed by atoms with van der Waals surface area (Å²) in [6.07, 6.45) is 3.38. The van der Waals surface area contributed by atoms with E-state index in [9.17, 15) is 4.79 Å². The van der Waals surface area contributed by atoms with Crippen LogP contribution in [-0.4, -0.2) is 23.6 Å². The number of urea groups is 1. The van der Waals surface area contributed by atoms with E-state index >= 15 is 0 Å². The van der Waals surface area contributed by atoms with Crippen molar-refractivity contribution in [2.45, 2.75) is 12.6 Å². The molecule has 0 bridgehead atoms. The first-order chi connectivity index (χ1) is 4.51. The Balaban J connectivity index is 2.79. The standard InChI is InChI=1S/C6H11N3O/c1-6(7)3-4-9(2)5(10)8-6/h3-4H,7H2,1-2H3,(H,8,10). The normalized spacial score (nSPS) is 32.3. The lowest BCUT2D eigenvalue weighted by atomic mass is 10.2. The van der Waals surface area contributed by atoms with E-state index in [1.165, 1.54) is 4.90 Å². The maximum atomic E-state index is 10.9. The maximum absolute atomic E-state index is 10.9. The van der Waals surface area contributed by atoms with Gasteiger partial charge in [-0.25, -0.2) is 4.79 Å². The van der Waals surface area contributed by atoms with Crippen molar-refractivity contribution >= 4 is 6.03 Å². The molecule has 1 rings (SSSR count). The number of nitrogens with one attached hydrogen (secondary N) is 1. The van der Waals surface area contributed by atoms with Gasteiger partial charge in [-0.2, -0.15) is 0 Å². The Morgan fingerprint density at radius 1 is 1.80 bits per heavy atom. The van der Waals surface area contributed by atoms with E-state index in [2.05, 4.69) is 5.32 Å². The van der Waals surface area contributed by atoms with Gasteiger partial charge < -0.3 is 16.0 Å². The Bertz CT molecular complexity index is 185. The minimum atomic E-state index is -0.691. The van der Waals surface area contributed by atoms with Crippen molar-refractivity contribution in [1.82, 2.24) is 10.2 Å². The molecule has 0 spiro atoms. The van der Waals surface area contributed by atoms with Gasteiger partial charge in [0.15, 0.2) is 0 Å². The average Bonchev–Trinajstić information content (AvgIpc) is 1.79. The molecule has 0 fully saturated rings. The van der Waals surface area contributed by atoms with Gasteiger partial charge >= 0.3 is 6.03 Å². The van der Waals surface area contributed by atoms with Crippen LogP contribution >= 0.6 is 0 Å². The van der Waals surface area contributed by atoms with Gasteiger partial charge in [0.25, 0.3) is 0 Å². The van der Waals surface area contributed by atoms with Crippen LogP contribution in [-0.2, 0) is 0 Å². The largest absolute Gasteiger partial charge is 0.322 e. The van der Waals surface area contributed by atoms with Gasteiger partial charge in [-0.05, 0) is 13.0 Å². The molecule has 1 unspecified atom stereocenters. The Morgan fingerprint density at radius 2 is 2.40 bits per heavy atom. The zero-order valence-corrected chi connectivity index (χ0v) is 6.09. The highest BCUT2D eigenvalue weighted by Gasteiger charge is 2.23. The Hall–Kier alpha value is -1.03. The minimum absolute atomic E-state index is 0.174. The highest BCUT2D eigenvalue weighted by molar-refractivity contribution is 5.77. The van der Waals surface area contributed by atoms with E-state index in [0.717, 1.165) is 0 Å². The molecule has 1 atom stereocenters. The third kappa shape index (κ3) is 1.27. The van der Waals surface area contributed by atoms with Crippen LogP contribution in [0.2, 0.25) is 0 Å². The van der Waals surface area contributed by atoms with Crippen LogP contribution in [0.1, 0.15) is 6.92 Å². The van der Waals surface area contributed by atoms with Gasteiger partial charge in [-0.1, -0.05) is 0 Å². The van der Waals surface area contributed by atoms with Crippen molar-refractivity contribution in [2.75, 3.05) is 7.05 Å². The predicted octanol–water partition coefficient (Wildman–Crippen LogP) is -0.170. The number of carbonyl (C=O) groups excluding carboxylic acids is 1. The fourth-order valence-electron chi connectivity index (χ4n) is 0.695. The molecule has 0 saturated heterocycles. The average molecular weight is 141 g/mol. The highest BCUT2D eigenvalue weighted by Crippen LogP contribution is 2.04. The molecular weight excluding hydrogens is 130 g/mol. The number of rotatable bonds is 0. The molecule has 1 aliphatic rings. The van der Waals surface area contributed by atoms with Gasteiger partial charge in [0.1, 0.15) is 5.66 Å². The van der Waals surface area contributed by atoms with Gasteiger partial charge in [0, 0.05) is 13.2 Å². The summed E-state index contributed by atoms with van der Waals surface area (Å²) in [5.41, 5.74) is 4.89. The summed E-state index contributed by atoms with van der Waals surface area (Å²) in [6, 6.07) is -0.174. The zero-order chi connectivity index (χ0) is 7.78. The first-order valence-electron chi connectivity index (χ1n) is 3.04. The van der Waals surface area contributed by atoms with E-state index in [1.54, 1.807) is 26.2 Å². The Morgan fingerprint density at radius 3 is 2.80 bits per heavy atom. The molecular formula is C6H11N3O. The quantitative estimate of drug-likeness (QED) is 0.492. The summed E-state index contributed by atoms with van der Waals surface area (Å²) in [4.78, 5) is 12.3. The molecule has 0 radical (unpaired) electrons. The third-order valence-electron chi connectivity index (χ3n) is 1.34. The van der Waals surface area contributed by atoms with E-state index in [-0.39, 0.29) is 6.03 Å². The van der Waals surface area contributed by atoms with Crippen molar-refractivity contribution in [3.05, 3.63) is 12.3 Å². The highest BCUT2D eigenvalue weighted by atomic mass is 16.2. The monoisotopic (exact) mass is 141 g/mol. The van der Waals surface area contributed by atoms with Crippen molar-refractivity contribution < 1.29 is 4.79 Å². The summed E-state index contributed by atoms with van der Waals surface area (Å²) in [6.45, 7) is 1.73. The third-order valence-corrected chi connectivity index (χ3v) is 1.34. The minimum Gasteiger partial charge on any atom is -0.316 e. The molecule has 1 aliphatic heterocycles. The number of hydrogen-bond acceptors (Lipinski definition) is 2. The number of carbonyl (C=O) groups is 1. The molecule has 0 saturated carbocycles. The molecule has 56 valence electrons. The summed E-state index contributed by atoms with van der Waals surface area (Å²) in [5, 5.41) is 2.58. The fourth-order valence-corrected chi connectivity index (χ4v) is 0.695. The lowest BCUT2D eigenvalue weighted by Crippen LogP contribution is -2.57. The molecule has 0 aromatic rings. The number of nitrogens with two attached hydrogens (primary N) is 1.